The Hall–Kier alpha value is 3.79. The van der Waals surface area contributed by atoms with Gasteiger partial charge in [0.1, 0.15) is 0 Å². The average molecular weight is 389 g/mol. The zero-order valence-electron chi connectivity index (χ0n) is 3.20. The second-order valence-electron chi connectivity index (χ2n) is 0. The van der Waals surface area contributed by atoms with Crippen LogP contribution in [-0.2, 0) is 0 Å². The standard InChI is InChI=1S/2Al.As.2In.P/q2*+3;-3;;;-3. The van der Waals surface area contributed by atoms with E-state index in [-0.39, 0.29) is 114 Å². The quantitative estimate of drug-likeness (QED) is 0.367. The molecule has 0 rings (SSSR count). The fourth-order valence-corrected chi connectivity index (χ4v) is 0. The molecule has 22 valence electrons. The summed E-state index contributed by atoms with van der Waals surface area (Å²) in [7, 11) is 0. The first kappa shape index (κ1) is 52.6. The van der Waals surface area contributed by atoms with Crippen molar-refractivity contribution in [2.24, 2.45) is 0 Å². The van der Waals surface area contributed by atoms with Crippen molar-refractivity contribution in [2.45, 2.75) is 0 Å². The Balaban J connectivity index is 0. The maximum absolute atomic E-state index is 0. The van der Waals surface area contributed by atoms with Gasteiger partial charge in [-0.05, 0) is 0 Å². The van der Waals surface area contributed by atoms with Crippen LogP contribution in [0.5, 0.6) is 0 Å². The Morgan fingerprint density at radius 3 is 0.667 bits per heavy atom. The molecule has 0 aliphatic carbocycles. The van der Waals surface area contributed by atoms with Gasteiger partial charge in [-0.3, -0.25) is 0 Å². The van der Waals surface area contributed by atoms with E-state index in [2.05, 4.69) is 0 Å². The smallest absolute Gasteiger partial charge is 3.00 e. The fourth-order valence-electron chi connectivity index (χ4n) is 0. The van der Waals surface area contributed by atoms with E-state index in [0.717, 1.165) is 0 Å². The molecule has 0 bridgehead atoms. The van der Waals surface area contributed by atoms with Crippen LogP contribution in [0.2, 0.25) is 0 Å². The van der Waals surface area contributed by atoms with E-state index >= 15 is 0 Å². The Kier molecular flexibility index (Phi) is 326. The van der Waals surface area contributed by atoms with Gasteiger partial charge in [0.05, 0.1) is 0 Å². The molecule has 6 heteroatoms. The molecule has 0 atom stereocenters. The van der Waals surface area contributed by atoms with Crippen LogP contribution in [-0.4, -0.2) is 104 Å². The van der Waals surface area contributed by atoms with Crippen molar-refractivity contribution < 1.29 is 0 Å². The first-order valence-electron chi connectivity index (χ1n) is 0. The van der Waals surface area contributed by atoms with E-state index in [4.69, 9.17) is 0 Å². The summed E-state index contributed by atoms with van der Waals surface area (Å²) in [4.78, 5) is 0. The van der Waals surface area contributed by atoms with Crippen LogP contribution in [0.1, 0.15) is 0 Å². The van der Waals surface area contributed by atoms with Gasteiger partial charge in [-0.15, -0.1) is 0 Å². The van der Waals surface area contributed by atoms with E-state index in [0.29, 0.717) is 0 Å². The van der Waals surface area contributed by atoms with Gasteiger partial charge in [-0.1, -0.05) is 0 Å². The van der Waals surface area contributed by atoms with Crippen molar-refractivity contribution in [3.05, 3.63) is 0 Å². The summed E-state index contributed by atoms with van der Waals surface area (Å²) in [5.74, 6) is 0. The predicted octanol–water partition coefficient (Wildman–Crippen LogP) is -1.04. The van der Waals surface area contributed by atoms with Gasteiger partial charge in [0.2, 0.25) is 0 Å². The third-order valence-corrected chi connectivity index (χ3v) is 0. The molecule has 0 saturated carbocycles. The molecule has 0 spiro atoms. The summed E-state index contributed by atoms with van der Waals surface area (Å²) in [6.07, 6.45) is 0. The minimum atomic E-state index is 0. The molecule has 0 unspecified atom stereocenters. The van der Waals surface area contributed by atoms with Crippen molar-refractivity contribution in [1.29, 1.82) is 0 Å². The van der Waals surface area contributed by atoms with Crippen molar-refractivity contribution >= 4 is 114 Å². The van der Waals surface area contributed by atoms with Gasteiger partial charge >= 0.3 is 34.7 Å². The van der Waals surface area contributed by atoms with E-state index in [1.807, 2.05) is 0 Å². The van der Waals surface area contributed by atoms with Crippen LogP contribution in [0.15, 0.2) is 0 Å². The molecule has 0 heterocycles. The second kappa shape index (κ2) is 37.1. The fraction of sp³-hybridized carbons (Fsp3) is 0. The Morgan fingerprint density at radius 1 is 0.667 bits per heavy atom. The van der Waals surface area contributed by atoms with Crippen LogP contribution < -0.4 is 0 Å². The van der Waals surface area contributed by atoms with Crippen molar-refractivity contribution in [3.8, 4) is 0 Å². The second-order valence-corrected chi connectivity index (χ2v) is 0. The molecule has 0 aromatic carbocycles. The van der Waals surface area contributed by atoms with Crippen molar-refractivity contribution in [1.82, 2.24) is 0 Å². The maximum atomic E-state index is 0. The van der Waals surface area contributed by atoms with Gasteiger partial charge in [0.15, 0.2) is 0 Å². The van der Waals surface area contributed by atoms with Gasteiger partial charge < -0.3 is 27.9 Å². The molecule has 0 aromatic rings. The molecular weight excluding hydrogens is 389 g/mol. The largest absolute Gasteiger partial charge is 3.00 e. The van der Waals surface area contributed by atoms with Crippen LogP contribution >= 0.6 is 9.90 Å². The van der Waals surface area contributed by atoms with Gasteiger partial charge in [-0.2, -0.15) is 0 Å². The van der Waals surface area contributed by atoms with Crippen LogP contribution in [0, 0.1) is 0 Å². The summed E-state index contributed by atoms with van der Waals surface area (Å²) in [6, 6.07) is 0. The van der Waals surface area contributed by atoms with Crippen molar-refractivity contribution in [3.63, 3.8) is 0 Å². The summed E-state index contributed by atoms with van der Waals surface area (Å²) >= 11 is 0. The summed E-state index contributed by atoms with van der Waals surface area (Å²) in [5.41, 5.74) is 0. The molecule has 0 saturated heterocycles. The molecule has 0 nitrogen and oxygen atoms in total. The minimum absolute atomic E-state index is 0. The predicted molar refractivity (Wildman–Crippen MR) is 35.7 cm³/mol. The van der Waals surface area contributed by atoms with E-state index in [1.54, 1.807) is 0 Å². The van der Waals surface area contributed by atoms with Crippen LogP contribution in [0.3, 0.4) is 0 Å². The molecule has 0 N–H and O–H groups in total. The third-order valence-electron chi connectivity index (χ3n) is 0. The van der Waals surface area contributed by atoms with Gasteiger partial charge in [0.25, 0.3) is 0 Å². The Bertz CT molecular complexity index is 11.5. The summed E-state index contributed by atoms with van der Waals surface area (Å²) < 4.78 is 0. The maximum Gasteiger partial charge on any atom is 3.00 e. The summed E-state index contributed by atoms with van der Waals surface area (Å²) in [6.45, 7) is 0. The van der Waals surface area contributed by atoms with Gasteiger partial charge in [0, 0.05) is 51.7 Å². The monoisotopic (exact) mass is 390 g/mol. The zero-order chi connectivity index (χ0) is 0. The number of hydrogen-bond acceptors (Lipinski definition) is 0. The van der Waals surface area contributed by atoms with Gasteiger partial charge in [-0.25, -0.2) is 0 Å². The summed E-state index contributed by atoms with van der Waals surface area (Å²) in [5, 5.41) is 0. The first-order chi connectivity index (χ1) is 0. The minimum Gasteiger partial charge on any atom is -3.00 e. The molecule has 0 fully saturated rings. The number of rotatable bonds is 0. The molecular formula is Al2AsIn2P. The first-order valence-corrected chi connectivity index (χ1v) is 0. The Labute approximate surface area is 112 Å². The van der Waals surface area contributed by atoms with Crippen LogP contribution in [0.4, 0.5) is 0 Å². The van der Waals surface area contributed by atoms with E-state index < -0.39 is 0 Å². The van der Waals surface area contributed by atoms with Crippen LogP contribution in [0.25, 0.3) is 0 Å². The molecule has 0 aliphatic heterocycles. The number of hydrogen-bond donors (Lipinski definition) is 0. The SMILES string of the molecule is [Al+3].[Al+3].[As-3].[In].[In].[P-3]. The normalized spacial score (nSPS) is 0. The van der Waals surface area contributed by atoms with E-state index in [1.165, 1.54) is 0 Å². The topological polar surface area (TPSA) is 0 Å². The molecule has 0 amide bonds. The Morgan fingerprint density at radius 2 is 0.667 bits per heavy atom. The van der Waals surface area contributed by atoms with Crippen molar-refractivity contribution in [2.75, 3.05) is 0 Å². The molecule has 0 aliphatic rings. The zero-order valence-corrected chi connectivity index (χ0v) is 14.9. The molecule has 0 aromatic heterocycles. The molecule has 6 heavy (non-hydrogen) atoms. The molecule has 6 radical (unpaired) electrons. The average Bonchev–Trinajstić information content (AvgIpc) is 0. The third kappa shape index (κ3) is 25.0. The van der Waals surface area contributed by atoms with E-state index in [9.17, 15) is 0 Å².